The first-order chi connectivity index (χ1) is 16.1. The molecule has 0 saturated carbocycles. The Hall–Kier alpha value is -2.65. The number of sulfonamides is 1. The molecule has 9 heteroatoms. The van der Waals surface area contributed by atoms with Crippen molar-refractivity contribution in [3.8, 4) is 0 Å². The monoisotopic (exact) mass is 488 g/mol. The molecule has 0 spiro atoms. The first-order valence-corrected chi connectivity index (χ1v) is 13.3. The van der Waals surface area contributed by atoms with E-state index in [2.05, 4.69) is 22.1 Å². The number of nitrogens with one attached hydrogen (secondary N) is 1. The van der Waals surface area contributed by atoms with E-state index in [4.69, 9.17) is 4.74 Å². The lowest BCUT2D eigenvalue weighted by Gasteiger charge is -2.27. The molecule has 0 radical (unpaired) electrons. The van der Waals surface area contributed by atoms with E-state index in [1.165, 1.54) is 7.05 Å². The summed E-state index contributed by atoms with van der Waals surface area (Å²) in [7, 11) is -2.41. The summed E-state index contributed by atoms with van der Waals surface area (Å²) in [5.74, 6) is -0.355. The maximum absolute atomic E-state index is 13.4. The molecule has 0 amide bonds. The number of benzene rings is 1. The summed E-state index contributed by atoms with van der Waals surface area (Å²) < 4.78 is 33.2. The van der Waals surface area contributed by atoms with Crippen LogP contribution in [-0.4, -0.2) is 49.5 Å². The van der Waals surface area contributed by atoms with E-state index in [0.29, 0.717) is 19.6 Å². The Labute approximate surface area is 203 Å². The highest BCUT2D eigenvalue weighted by Crippen LogP contribution is 2.34. The van der Waals surface area contributed by atoms with Crippen molar-refractivity contribution in [3.63, 3.8) is 0 Å². The predicted molar refractivity (Wildman–Crippen MR) is 134 cm³/mol. The lowest BCUT2D eigenvalue weighted by atomic mass is 10.0. The largest absolute Gasteiger partial charge is 0.464 e. The van der Waals surface area contributed by atoms with Crippen LogP contribution in [0.2, 0.25) is 0 Å². The van der Waals surface area contributed by atoms with Crippen molar-refractivity contribution < 1.29 is 17.9 Å². The van der Waals surface area contributed by atoms with Gasteiger partial charge in [0.1, 0.15) is 6.04 Å². The fourth-order valence-electron chi connectivity index (χ4n) is 4.03. The Morgan fingerprint density at radius 2 is 1.94 bits per heavy atom. The molecule has 1 aromatic carbocycles. The number of carbonyl (C=O) groups is 1. The predicted octanol–water partition coefficient (Wildman–Crippen LogP) is 4.24. The van der Waals surface area contributed by atoms with Gasteiger partial charge in [0.2, 0.25) is 10.0 Å². The standard InChI is InChI=1S/C25H36N4O4S/c1-6-7-14-33-25(30)24(15-18(2)3)28(5)34(31,32)21-10-8-20(9-11-21)17-29-19(4)27-22-16-26-13-12-23(22)29/h8-13,16,18-19,24,27H,6-7,14-15,17H2,1-5H3/t19?,24-/m0/s1. The van der Waals surface area contributed by atoms with Gasteiger partial charge < -0.3 is 15.0 Å². The SMILES string of the molecule is CCCCOC(=O)[C@H](CC(C)C)N(C)S(=O)(=O)c1ccc(CN2c3ccncc3NC2C)cc1. The molecule has 3 rings (SSSR count). The number of fused-ring (bicyclic) bond motifs is 1. The fraction of sp³-hybridized carbons (Fsp3) is 0.520. The van der Waals surface area contributed by atoms with Gasteiger partial charge in [-0.15, -0.1) is 0 Å². The third-order valence-corrected chi connectivity index (χ3v) is 7.92. The van der Waals surface area contributed by atoms with Gasteiger partial charge in [-0.05, 0) is 49.4 Å². The minimum atomic E-state index is -3.86. The molecule has 1 unspecified atom stereocenters. The van der Waals surface area contributed by atoms with Crippen molar-refractivity contribution in [3.05, 3.63) is 48.3 Å². The van der Waals surface area contributed by atoms with E-state index < -0.39 is 22.0 Å². The number of pyridine rings is 1. The number of unbranched alkanes of at least 4 members (excludes halogenated alkanes) is 1. The topological polar surface area (TPSA) is 91.8 Å². The van der Waals surface area contributed by atoms with Crippen LogP contribution in [0.15, 0.2) is 47.6 Å². The molecule has 2 aromatic rings. The number of hydrogen-bond donors (Lipinski definition) is 1. The van der Waals surface area contributed by atoms with Gasteiger partial charge in [0.25, 0.3) is 0 Å². The third-order valence-electron chi connectivity index (χ3n) is 6.04. The van der Waals surface area contributed by atoms with Crippen LogP contribution in [0, 0.1) is 5.92 Å². The lowest BCUT2D eigenvalue weighted by molar-refractivity contribution is -0.148. The van der Waals surface area contributed by atoms with Gasteiger partial charge >= 0.3 is 5.97 Å². The van der Waals surface area contributed by atoms with Gasteiger partial charge in [-0.3, -0.25) is 9.78 Å². The average Bonchev–Trinajstić information content (AvgIpc) is 3.12. The molecule has 1 aromatic heterocycles. The van der Waals surface area contributed by atoms with E-state index in [9.17, 15) is 13.2 Å². The van der Waals surface area contributed by atoms with Crippen molar-refractivity contribution in [2.45, 2.75) is 70.6 Å². The van der Waals surface area contributed by atoms with Crippen molar-refractivity contribution in [1.29, 1.82) is 0 Å². The van der Waals surface area contributed by atoms with Gasteiger partial charge in [0.15, 0.2) is 0 Å². The molecule has 0 fully saturated rings. The number of esters is 1. The molecular weight excluding hydrogens is 452 g/mol. The number of hydrogen-bond acceptors (Lipinski definition) is 7. The minimum Gasteiger partial charge on any atom is -0.464 e. The van der Waals surface area contributed by atoms with Crippen molar-refractivity contribution in [1.82, 2.24) is 9.29 Å². The zero-order valence-electron chi connectivity index (χ0n) is 20.7. The highest BCUT2D eigenvalue weighted by atomic mass is 32.2. The number of rotatable bonds is 11. The van der Waals surface area contributed by atoms with Crippen LogP contribution in [0.25, 0.3) is 0 Å². The number of anilines is 2. The molecule has 1 aliphatic heterocycles. The second kappa shape index (κ2) is 11.2. The van der Waals surface area contributed by atoms with Gasteiger partial charge in [-0.1, -0.05) is 39.3 Å². The molecule has 2 heterocycles. The number of carbonyl (C=O) groups excluding carboxylic acids is 1. The van der Waals surface area contributed by atoms with Crippen LogP contribution in [0.1, 0.15) is 52.5 Å². The number of ether oxygens (including phenoxy) is 1. The molecule has 1 N–H and O–H groups in total. The summed E-state index contributed by atoms with van der Waals surface area (Å²) in [6.07, 6.45) is 5.72. The van der Waals surface area contributed by atoms with Gasteiger partial charge in [0, 0.05) is 19.8 Å². The summed E-state index contributed by atoms with van der Waals surface area (Å²) >= 11 is 0. The van der Waals surface area contributed by atoms with Crippen molar-refractivity contribution in [2.24, 2.45) is 5.92 Å². The van der Waals surface area contributed by atoms with Crippen LogP contribution in [-0.2, 0) is 26.1 Å². The smallest absolute Gasteiger partial charge is 0.324 e. The van der Waals surface area contributed by atoms with Gasteiger partial charge in [-0.25, -0.2) is 8.42 Å². The van der Waals surface area contributed by atoms with Crippen molar-refractivity contribution in [2.75, 3.05) is 23.9 Å². The summed E-state index contributed by atoms with van der Waals surface area (Å²) in [4.78, 5) is 19.2. The molecule has 2 atom stereocenters. The van der Waals surface area contributed by atoms with E-state index >= 15 is 0 Å². The Morgan fingerprint density at radius 3 is 2.59 bits per heavy atom. The molecule has 1 aliphatic rings. The number of likely N-dealkylation sites (N-methyl/N-ethyl adjacent to an activating group) is 1. The van der Waals surface area contributed by atoms with E-state index in [-0.39, 0.29) is 17.0 Å². The second-order valence-electron chi connectivity index (χ2n) is 9.17. The highest BCUT2D eigenvalue weighted by molar-refractivity contribution is 7.89. The van der Waals surface area contributed by atoms with Crippen molar-refractivity contribution >= 4 is 27.4 Å². The van der Waals surface area contributed by atoms with E-state index in [0.717, 1.165) is 34.1 Å². The summed E-state index contributed by atoms with van der Waals surface area (Å²) in [5.41, 5.74) is 3.03. The summed E-state index contributed by atoms with van der Waals surface area (Å²) in [6.45, 7) is 8.93. The summed E-state index contributed by atoms with van der Waals surface area (Å²) in [6, 6.07) is 7.97. The number of nitrogens with zero attached hydrogens (tertiary/aromatic N) is 3. The lowest BCUT2D eigenvalue weighted by Crippen LogP contribution is -2.44. The van der Waals surface area contributed by atoms with E-state index in [1.54, 1.807) is 24.5 Å². The van der Waals surface area contributed by atoms with Gasteiger partial charge in [-0.2, -0.15) is 4.31 Å². The molecule has 186 valence electrons. The molecule has 0 bridgehead atoms. The maximum Gasteiger partial charge on any atom is 0.324 e. The molecule has 0 aliphatic carbocycles. The van der Waals surface area contributed by atoms with E-state index in [1.807, 2.05) is 39.0 Å². The third kappa shape index (κ3) is 5.88. The zero-order valence-corrected chi connectivity index (χ0v) is 21.5. The normalized spacial score (nSPS) is 16.4. The summed E-state index contributed by atoms with van der Waals surface area (Å²) in [5, 5.41) is 3.39. The quantitative estimate of drug-likeness (QED) is 0.374. The molecule has 0 saturated heterocycles. The minimum absolute atomic E-state index is 0.101. The van der Waals surface area contributed by atoms with Crippen LogP contribution < -0.4 is 10.2 Å². The van der Waals surface area contributed by atoms with Crippen LogP contribution >= 0.6 is 0 Å². The Morgan fingerprint density at radius 1 is 1.24 bits per heavy atom. The van der Waals surface area contributed by atoms with Crippen LogP contribution in [0.3, 0.4) is 0 Å². The molecular formula is C25H36N4O4S. The van der Waals surface area contributed by atoms with Crippen LogP contribution in [0.4, 0.5) is 11.4 Å². The average molecular weight is 489 g/mol. The Bertz CT molecular complexity index is 1070. The zero-order chi connectivity index (χ0) is 24.9. The van der Waals surface area contributed by atoms with Gasteiger partial charge in [0.05, 0.1) is 35.2 Å². The second-order valence-corrected chi connectivity index (χ2v) is 11.2. The molecule has 8 nitrogen and oxygen atoms in total. The fourth-order valence-corrected chi connectivity index (χ4v) is 5.35. The highest BCUT2D eigenvalue weighted by Gasteiger charge is 2.34. The molecule has 34 heavy (non-hydrogen) atoms. The first-order valence-electron chi connectivity index (χ1n) is 11.9. The first kappa shape index (κ1) is 26.0. The maximum atomic E-state index is 13.4. The Kier molecular flexibility index (Phi) is 8.54. The van der Waals surface area contributed by atoms with Crippen LogP contribution in [0.5, 0.6) is 0 Å². The Balaban J connectivity index is 1.75. The number of aromatic nitrogens is 1.